The summed E-state index contributed by atoms with van der Waals surface area (Å²) >= 11 is 0. The lowest BCUT2D eigenvalue weighted by Gasteiger charge is -2.30. The summed E-state index contributed by atoms with van der Waals surface area (Å²) in [4.78, 5) is 38.0. The highest BCUT2D eigenvalue weighted by Gasteiger charge is 2.56. The maximum absolute atomic E-state index is 13.4. The highest BCUT2D eigenvalue weighted by Crippen LogP contribution is 2.48. The fourth-order valence-corrected chi connectivity index (χ4v) is 4.46. The van der Waals surface area contributed by atoms with Crippen LogP contribution in [0.3, 0.4) is 0 Å². The van der Waals surface area contributed by atoms with Crippen LogP contribution in [0, 0.1) is 16.0 Å². The Morgan fingerprint density at radius 2 is 1.79 bits per heavy atom. The van der Waals surface area contributed by atoms with Crippen LogP contribution in [-0.4, -0.2) is 21.7 Å². The number of fused-ring (bicyclic) bond motifs is 1. The summed E-state index contributed by atoms with van der Waals surface area (Å²) in [5, 5.41) is 22.5. The number of carbonyl (C=O) groups excluding carboxylic acids is 2. The number of non-ortho nitro benzene ring substituents is 1. The number of carbonyl (C=O) groups is 2. The number of nitro groups is 1. The molecule has 29 heavy (non-hydrogen) atoms. The Morgan fingerprint density at radius 1 is 1.07 bits per heavy atom. The summed E-state index contributed by atoms with van der Waals surface area (Å²) in [6.07, 6.45) is 3.37. The molecule has 2 aliphatic rings. The topological polar surface area (TPSA) is 101 Å². The van der Waals surface area contributed by atoms with Gasteiger partial charge in [-0.2, -0.15) is 0 Å². The van der Waals surface area contributed by atoms with Gasteiger partial charge in [0.05, 0.1) is 23.1 Å². The highest BCUT2D eigenvalue weighted by atomic mass is 16.6. The van der Waals surface area contributed by atoms with Crippen molar-refractivity contribution in [3.8, 4) is 0 Å². The van der Waals surface area contributed by atoms with Gasteiger partial charge in [-0.1, -0.05) is 43.2 Å². The van der Waals surface area contributed by atoms with Gasteiger partial charge in [-0.3, -0.25) is 19.7 Å². The molecule has 1 aliphatic carbocycles. The first kappa shape index (κ1) is 19.3. The molecule has 1 aliphatic heterocycles. The number of aliphatic hydroxyl groups is 1. The molecule has 1 amide bonds. The smallest absolute Gasteiger partial charge is 0.269 e. The van der Waals surface area contributed by atoms with Gasteiger partial charge in [0.1, 0.15) is 5.78 Å². The lowest BCUT2D eigenvalue weighted by Crippen LogP contribution is -2.48. The Hall–Kier alpha value is -3.06. The number of amides is 1. The van der Waals surface area contributed by atoms with Crippen molar-refractivity contribution in [2.75, 3.05) is 4.90 Å². The van der Waals surface area contributed by atoms with Crippen molar-refractivity contribution in [1.82, 2.24) is 0 Å². The zero-order valence-electron chi connectivity index (χ0n) is 15.9. The second-order valence-corrected chi connectivity index (χ2v) is 7.72. The van der Waals surface area contributed by atoms with Crippen molar-refractivity contribution < 1.29 is 19.6 Å². The van der Waals surface area contributed by atoms with Crippen LogP contribution < -0.4 is 4.90 Å². The minimum atomic E-state index is -1.86. The molecule has 7 heteroatoms. The van der Waals surface area contributed by atoms with Crippen LogP contribution in [0.25, 0.3) is 0 Å². The molecular weight excluding hydrogens is 372 g/mol. The number of para-hydroxylation sites is 1. The molecule has 1 heterocycles. The Bertz CT molecular complexity index is 971. The number of nitro benzene ring substituents is 1. The number of nitrogens with zero attached hydrogens (tertiary/aromatic N) is 2. The minimum Gasteiger partial charge on any atom is -0.375 e. The van der Waals surface area contributed by atoms with E-state index >= 15 is 0 Å². The zero-order chi connectivity index (χ0) is 20.6. The molecule has 0 spiro atoms. The Balaban J connectivity index is 1.71. The van der Waals surface area contributed by atoms with Crippen molar-refractivity contribution in [1.29, 1.82) is 0 Å². The summed E-state index contributed by atoms with van der Waals surface area (Å²) in [5.41, 5.74) is -0.140. The number of Topliss-reactive ketones (excluding diaryl/α,β-unsaturated/α-hetero) is 1. The number of ketones is 1. The second-order valence-electron chi connectivity index (χ2n) is 7.72. The van der Waals surface area contributed by atoms with E-state index < -0.39 is 22.3 Å². The fraction of sp³-hybridized carbons (Fsp3) is 0.364. The van der Waals surface area contributed by atoms with Crippen LogP contribution in [0.2, 0.25) is 0 Å². The summed E-state index contributed by atoms with van der Waals surface area (Å²) in [6, 6.07) is 13.0. The van der Waals surface area contributed by atoms with Crippen LogP contribution in [0.4, 0.5) is 11.4 Å². The van der Waals surface area contributed by atoms with E-state index in [1.165, 1.54) is 17.0 Å². The predicted octanol–water partition coefficient (Wildman–Crippen LogP) is 3.48. The van der Waals surface area contributed by atoms with Gasteiger partial charge in [0.2, 0.25) is 0 Å². The zero-order valence-corrected chi connectivity index (χ0v) is 15.9. The highest BCUT2D eigenvalue weighted by molar-refractivity contribution is 6.09. The van der Waals surface area contributed by atoms with E-state index in [4.69, 9.17) is 0 Å². The van der Waals surface area contributed by atoms with E-state index in [1.807, 2.05) is 0 Å². The van der Waals surface area contributed by atoms with E-state index in [1.54, 1.807) is 36.4 Å². The summed E-state index contributed by atoms with van der Waals surface area (Å²) < 4.78 is 0. The minimum absolute atomic E-state index is 0.0255. The first-order valence-electron chi connectivity index (χ1n) is 9.83. The number of benzene rings is 2. The number of anilines is 1. The maximum Gasteiger partial charge on any atom is 0.269 e. The summed E-state index contributed by atoms with van der Waals surface area (Å²) in [5.74, 6) is -1.32. The van der Waals surface area contributed by atoms with E-state index in [0.717, 1.165) is 19.3 Å². The third-order valence-electron chi connectivity index (χ3n) is 5.97. The number of rotatable bonds is 4. The molecule has 1 N–H and O–H groups in total. The molecule has 0 unspecified atom stereocenters. The van der Waals surface area contributed by atoms with Gasteiger partial charge in [0.25, 0.3) is 11.6 Å². The van der Waals surface area contributed by atoms with Gasteiger partial charge in [0.15, 0.2) is 5.60 Å². The average molecular weight is 394 g/mol. The molecule has 0 radical (unpaired) electrons. The molecule has 2 aromatic carbocycles. The van der Waals surface area contributed by atoms with Gasteiger partial charge in [0, 0.05) is 24.1 Å². The van der Waals surface area contributed by atoms with Crippen molar-refractivity contribution in [3.05, 3.63) is 69.8 Å². The SMILES string of the molecule is O=C1CCCCC[C@H]1[C@@]1(O)C(=O)N(Cc2ccc([N+](=O)[O-])cc2)c2ccccc21. The predicted molar refractivity (Wildman–Crippen MR) is 106 cm³/mol. The molecular formula is C22H22N2O5. The van der Waals surface area contributed by atoms with Crippen LogP contribution in [0.1, 0.15) is 43.2 Å². The standard InChI is InChI=1S/C22H22N2O5/c25-20-9-3-1-2-7-18(20)22(27)17-6-4-5-8-19(17)23(21(22)26)14-15-10-12-16(13-11-15)24(28)29/h4-6,8,10-13,18,27H,1-3,7,9,14H2/t18-,22-/m1/s1. The van der Waals surface area contributed by atoms with Crippen molar-refractivity contribution in [2.24, 2.45) is 5.92 Å². The van der Waals surface area contributed by atoms with E-state index in [2.05, 4.69) is 0 Å². The van der Waals surface area contributed by atoms with Gasteiger partial charge >= 0.3 is 0 Å². The summed E-state index contributed by atoms with van der Waals surface area (Å²) in [7, 11) is 0. The molecule has 150 valence electrons. The van der Waals surface area contributed by atoms with Crippen LogP contribution in [0.15, 0.2) is 48.5 Å². The van der Waals surface area contributed by atoms with Crippen LogP contribution in [0.5, 0.6) is 0 Å². The van der Waals surface area contributed by atoms with Crippen LogP contribution >= 0.6 is 0 Å². The molecule has 7 nitrogen and oxygen atoms in total. The molecule has 2 atom stereocenters. The lowest BCUT2D eigenvalue weighted by atomic mass is 9.77. The van der Waals surface area contributed by atoms with Gasteiger partial charge in [-0.15, -0.1) is 0 Å². The first-order chi connectivity index (χ1) is 13.9. The largest absolute Gasteiger partial charge is 0.375 e. The molecule has 2 aromatic rings. The third kappa shape index (κ3) is 3.21. The van der Waals surface area contributed by atoms with Crippen molar-refractivity contribution in [2.45, 2.75) is 44.2 Å². The van der Waals surface area contributed by atoms with Crippen LogP contribution in [-0.2, 0) is 21.7 Å². The van der Waals surface area contributed by atoms with Gasteiger partial charge < -0.3 is 10.0 Å². The maximum atomic E-state index is 13.4. The quantitative estimate of drug-likeness (QED) is 0.486. The van der Waals surface area contributed by atoms with Gasteiger partial charge in [-0.05, 0) is 24.5 Å². The molecule has 1 fully saturated rings. The molecule has 0 aromatic heterocycles. The lowest BCUT2D eigenvalue weighted by molar-refractivity contribution is -0.384. The molecule has 1 saturated carbocycles. The number of hydrogen-bond donors (Lipinski definition) is 1. The van der Waals surface area contributed by atoms with Gasteiger partial charge in [-0.25, -0.2) is 0 Å². The second kappa shape index (κ2) is 7.40. The Kier molecular flexibility index (Phi) is 4.92. The Labute approximate surface area is 168 Å². The first-order valence-corrected chi connectivity index (χ1v) is 9.83. The van der Waals surface area contributed by atoms with E-state index in [9.17, 15) is 24.8 Å². The molecule has 0 saturated heterocycles. The fourth-order valence-electron chi connectivity index (χ4n) is 4.46. The van der Waals surface area contributed by atoms with E-state index in [0.29, 0.717) is 29.7 Å². The summed E-state index contributed by atoms with van der Waals surface area (Å²) in [6.45, 7) is 0.164. The third-order valence-corrected chi connectivity index (χ3v) is 5.97. The molecule has 0 bridgehead atoms. The van der Waals surface area contributed by atoms with Crippen molar-refractivity contribution >= 4 is 23.1 Å². The van der Waals surface area contributed by atoms with E-state index in [-0.39, 0.29) is 18.0 Å². The number of hydrogen-bond acceptors (Lipinski definition) is 5. The molecule has 4 rings (SSSR count). The Morgan fingerprint density at radius 3 is 2.52 bits per heavy atom. The monoisotopic (exact) mass is 394 g/mol. The van der Waals surface area contributed by atoms with Crippen molar-refractivity contribution in [3.63, 3.8) is 0 Å². The average Bonchev–Trinajstić information content (AvgIpc) is 2.85. The normalized spacial score (nSPS) is 24.3.